The number of hydrogen-bond acceptors (Lipinski definition) is 3. The molecular formula is C24H16BNO2S. The van der Waals surface area contributed by atoms with Gasteiger partial charge in [0.2, 0.25) is 0 Å². The molecule has 5 heteroatoms. The second kappa shape index (κ2) is 6.19. The Bertz CT molecular complexity index is 1920. The maximum atomic E-state index is 9.89. The Hall–Kier alpha value is -3.12. The summed E-state index contributed by atoms with van der Waals surface area (Å²) in [6, 6.07) is 10.2. The van der Waals surface area contributed by atoms with Crippen LogP contribution in [0, 0.1) is 0 Å². The molecule has 0 aliphatic rings. The second-order valence-electron chi connectivity index (χ2n) is 6.70. The highest BCUT2D eigenvalue weighted by molar-refractivity contribution is 7.26. The molecular weight excluding hydrogens is 377 g/mol. The Morgan fingerprint density at radius 3 is 2.48 bits per heavy atom. The number of rotatable bonds is 2. The molecule has 2 N–H and O–H groups in total. The highest BCUT2D eigenvalue weighted by Gasteiger charge is 2.18. The Balaban J connectivity index is 1.95. The minimum atomic E-state index is -2.20. The van der Waals surface area contributed by atoms with Gasteiger partial charge >= 0.3 is 7.12 Å². The molecule has 6 aromatic rings. The zero-order valence-corrected chi connectivity index (χ0v) is 15.7. The van der Waals surface area contributed by atoms with Crippen molar-refractivity contribution in [1.82, 2.24) is 4.57 Å². The Kier molecular flexibility index (Phi) is 2.38. The minimum absolute atomic E-state index is 0.00508. The number of nitrogens with zero attached hydrogens (tertiary/aromatic N) is 1. The molecule has 138 valence electrons. The third kappa shape index (κ3) is 2.39. The summed E-state index contributed by atoms with van der Waals surface area (Å²) < 4.78 is 63.1. The van der Waals surface area contributed by atoms with Gasteiger partial charge < -0.3 is 14.6 Å². The van der Waals surface area contributed by atoms with Gasteiger partial charge in [-0.15, -0.1) is 11.3 Å². The summed E-state index contributed by atoms with van der Waals surface area (Å²) in [6.07, 6.45) is 0. The molecule has 0 bridgehead atoms. The van der Waals surface area contributed by atoms with Gasteiger partial charge in [0.25, 0.3) is 0 Å². The van der Waals surface area contributed by atoms with Gasteiger partial charge in [-0.05, 0) is 29.7 Å². The van der Waals surface area contributed by atoms with E-state index in [2.05, 4.69) is 0 Å². The van der Waals surface area contributed by atoms with Crippen molar-refractivity contribution in [3.8, 4) is 5.69 Å². The maximum Gasteiger partial charge on any atom is 0.488 e. The molecule has 0 aliphatic carbocycles. The molecule has 0 aliphatic heterocycles. The molecule has 2 heterocycles. The number of thiophene rings is 1. The molecule has 29 heavy (non-hydrogen) atoms. The Labute approximate surface area is 181 Å². The van der Waals surface area contributed by atoms with Crippen LogP contribution in [0.5, 0.6) is 0 Å². The fraction of sp³-hybridized carbons (Fsp3) is 0. The molecule has 0 radical (unpaired) electrons. The number of benzene rings is 4. The number of hydrogen-bond donors (Lipinski definition) is 2. The topological polar surface area (TPSA) is 45.4 Å². The van der Waals surface area contributed by atoms with Crippen LogP contribution in [0.15, 0.2) is 84.8 Å². The van der Waals surface area contributed by atoms with Gasteiger partial charge in [0.05, 0.1) is 31.0 Å². The predicted molar refractivity (Wildman–Crippen MR) is 123 cm³/mol. The van der Waals surface area contributed by atoms with Crippen LogP contribution in [0.2, 0.25) is 0 Å². The summed E-state index contributed by atoms with van der Waals surface area (Å²) in [7, 11) is -2.20. The molecule has 0 saturated carbocycles. The smallest absolute Gasteiger partial charge is 0.423 e. The average Bonchev–Trinajstić information content (AvgIpc) is 3.41. The number of aromatic nitrogens is 1. The van der Waals surface area contributed by atoms with Crippen LogP contribution in [0.1, 0.15) is 9.60 Å². The molecule has 0 amide bonds. The standard InChI is InChI=1S/C24H16BNO2S/c27-25(28)15-12-13-21-19(14-15)16-6-1-3-9-20(16)26(21)22-10-5-8-18-17-7-2-4-11-23(17)29-24(18)22/h1-14,27-28H/i1D,3D,6D,9D,12D,13D,14D. The minimum Gasteiger partial charge on any atom is -0.423 e. The molecule has 2 aromatic heterocycles. The van der Waals surface area contributed by atoms with Crippen LogP contribution in [0.25, 0.3) is 47.7 Å². The first kappa shape index (κ1) is 11.2. The second-order valence-corrected chi connectivity index (χ2v) is 7.75. The quantitative estimate of drug-likeness (QED) is 0.409. The van der Waals surface area contributed by atoms with E-state index >= 15 is 0 Å². The molecule has 0 saturated heterocycles. The van der Waals surface area contributed by atoms with E-state index in [4.69, 9.17) is 9.60 Å². The van der Waals surface area contributed by atoms with Gasteiger partial charge in [-0.2, -0.15) is 0 Å². The number of para-hydroxylation sites is 1. The van der Waals surface area contributed by atoms with Crippen LogP contribution in [-0.4, -0.2) is 21.7 Å². The summed E-state index contributed by atoms with van der Waals surface area (Å²) in [5.41, 5.74) is 0.163. The van der Waals surface area contributed by atoms with Gasteiger partial charge in [-0.25, -0.2) is 0 Å². The summed E-state index contributed by atoms with van der Waals surface area (Å²) in [4.78, 5) is 0. The summed E-state index contributed by atoms with van der Waals surface area (Å²) >= 11 is 1.50. The summed E-state index contributed by atoms with van der Waals surface area (Å²) in [5, 5.41) is 21.7. The first-order valence-electron chi connectivity index (χ1n) is 12.5. The molecule has 0 fully saturated rings. The highest BCUT2D eigenvalue weighted by Crippen LogP contribution is 2.40. The largest absolute Gasteiger partial charge is 0.488 e. The van der Waals surface area contributed by atoms with Crippen molar-refractivity contribution in [1.29, 1.82) is 0 Å². The van der Waals surface area contributed by atoms with Crippen LogP contribution in [0.4, 0.5) is 0 Å². The molecule has 0 spiro atoms. The molecule has 0 unspecified atom stereocenters. The molecule has 4 aromatic carbocycles. The predicted octanol–water partition coefficient (Wildman–Crippen LogP) is 4.83. The lowest BCUT2D eigenvalue weighted by Gasteiger charge is -2.09. The summed E-state index contributed by atoms with van der Waals surface area (Å²) in [5.74, 6) is 0. The van der Waals surface area contributed by atoms with Crippen LogP contribution < -0.4 is 5.46 Å². The summed E-state index contributed by atoms with van der Waals surface area (Å²) in [6.45, 7) is 0. The average molecular weight is 400 g/mol. The zero-order chi connectivity index (χ0) is 25.6. The Morgan fingerprint density at radius 1 is 0.793 bits per heavy atom. The molecule has 3 nitrogen and oxygen atoms in total. The molecule has 6 rings (SSSR count). The highest BCUT2D eigenvalue weighted by atomic mass is 32.1. The van der Waals surface area contributed by atoms with E-state index in [1.165, 1.54) is 15.9 Å². The van der Waals surface area contributed by atoms with E-state index in [0.717, 1.165) is 20.2 Å². The van der Waals surface area contributed by atoms with Crippen molar-refractivity contribution in [2.24, 2.45) is 0 Å². The third-order valence-corrected chi connectivity index (χ3v) is 6.27. The van der Waals surface area contributed by atoms with E-state index in [-0.39, 0.29) is 27.8 Å². The van der Waals surface area contributed by atoms with Crippen molar-refractivity contribution in [2.75, 3.05) is 0 Å². The van der Waals surface area contributed by atoms with Crippen molar-refractivity contribution in [2.45, 2.75) is 0 Å². The third-order valence-electron chi connectivity index (χ3n) is 5.06. The van der Waals surface area contributed by atoms with Crippen molar-refractivity contribution in [3.63, 3.8) is 0 Å². The first-order valence-corrected chi connectivity index (χ1v) is 9.77. The monoisotopic (exact) mass is 400 g/mol. The Morgan fingerprint density at radius 2 is 1.59 bits per heavy atom. The lowest BCUT2D eigenvalue weighted by atomic mass is 9.80. The van der Waals surface area contributed by atoms with E-state index in [0.29, 0.717) is 5.69 Å². The van der Waals surface area contributed by atoms with Gasteiger partial charge in [0, 0.05) is 26.2 Å². The zero-order valence-electron chi connectivity index (χ0n) is 21.9. The number of fused-ring (bicyclic) bond motifs is 6. The van der Waals surface area contributed by atoms with Gasteiger partial charge in [-0.1, -0.05) is 60.5 Å². The van der Waals surface area contributed by atoms with E-state index in [1.807, 2.05) is 36.4 Å². The van der Waals surface area contributed by atoms with Crippen LogP contribution in [0.3, 0.4) is 0 Å². The fourth-order valence-electron chi connectivity index (χ4n) is 3.81. The van der Waals surface area contributed by atoms with E-state index in [1.54, 1.807) is 6.07 Å². The van der Waals surface area contributed by atoms with Gasteiger partial charge in [0.15, 0.2) is 0 Å². The van der Waals surface area contributed by atoms with Gasteiger partial charge in [0.1, 0.15) is 0 Å². The van der Waals surface area contributed by atoms with E-state index in [9.17, 15) is 10.0 Å². The van der Waals surface area contributed by atoms with Gasteiger partial charge in [-0.3, -0.25) is 0 Å². The van der Waals surface area contributed by atoms with Crippen molar-refractivity contribution < 1.29 is 19.6 Å². The first-order chi connectivity index (χ1) is 17.1. The fourth-order valence-corrected chi connectivity index (χ4v) is 5.01. The van der Waals surface area contributed by atoms with Crippen molar-refractivity contribution >= 4 is 65.9 Å². The lowest BCUT2D eigenvalue weighted by molar-refractivity contribution is 0.426. The lowest BCUT2D eigenvalue weighted by Crippen LogP contribution is -2.29. The normalized spacial score (nSPS) is 15.2. The van der Waals surface area contributed by atoms with Crippen molar-refractivity contribution in [3.05, 3.63) is 84.8 Å². The van der Waals surface area contributed by atoms with Crippen LogP contribution in [-0.2, 0) is 0 Å². The molecule has 0 atom stereocenters. The SMILES string of the molecule is [2H]c1c([2H])c([2H])c2c(c1[2H])c1c([2H])c(B(O)O)c([2H])c([2H])c1n2-c1cccc2c1sc1ccccc12. The maximum absolute atomic E-state index is 9.89. The van der Waals surface area contributed by atoms with Crippen LogP contribution >= 0.6 is 11.3 Å². The van der Waals surface area contributed by atoms with E-state index < -0.39 is 48.8 Å².